The molecule has 0 saturated heterocycles. The molecule has 170 valence electrons. The summed E-state index contributed by atoms with van der Waals surface area (Å²) in [6.07, 6.45) is 3.52. The lowest BCUT2D eigenvalue weighted by Crippen LogP contribution is -2.32. The van der Waals surface area contributed by atoms with Crippen LogP contribution in [-0.4, -0.2) is 38.3 Å². The summed E-state index contributed by atoms with van der Waals surface area (Å²) in [7, 11) is 3.37. The van der Waals surface area contributed by atoms with Crippen LogP contribution < -0.4 is 15.6 Å². The molecule has 1 aromatic carbocycles. The van der Waals surface area contributed by atoms with Crippen molar-refractivity contribution in [2.75, 3.05) is 7.11 Å². The molecule has 0 fully saturated rings. The van der Waals surface area contributed by atoms with E-state index in [4.69, 9.17) is 4.74 Å². The van der Waals surface area contributed by atoms with Crippen molar-refractivity contribution < 1.29 is 18.3 Å². The third kappa shape index (κ3) is 5.52. The maximum atomic E-state index is 12.8. The van der Waals surface area contributed by atoms with E-state index in [-0.39, 0.29) is 41.2 Å². The summed E-state index contributed by atoms with van der Waals surface area (Å²) in [5.41, 5.74) is 0.806. The van der Waals surface area contributed by atoms with Crippen LogP contribution in [0.3, 0.4) is 0 Å². The molecule has 1 unspecified atom stereocenters. The SMILES string of the molecule is COc1ccccc1C(NC(=O)CCc1c(C)nc(SC(F)F)[nH]c1=O)c1nccn1C. The Hall–Kier alpha value is -3.21. The van der Waals surface area contributed by atoms with Gasteiger partial charge in [-0.3, -0.25) is 9.59 Å². The number of alkyl halides is 2. The molecule has 8 nitrogen and oxygen atoms in total. The van der Waals surface area contributed by atoms with Crippen LogP contribution in [0.2, 0.25) is 0 Å². The van der Waals surface area contributed by atoms with Crippen LogP contribution in [0.1, 0.15) is 35.1 Å². The van der Waals surface area contributed by atoms with Crippen molar-refractivity contribution in [2.45, 2.75) is 36.7 Å². The summed E-state index contributed by atoms with van der Waals surface area (Å²) in [6, 6.07) is 6.74. The van der Waals surface area contributed by atoms with Crippen LogP contribution >= 0.6 is 11.8 Å². The first kappa shape index (κ1) is 23.5. The van der Waals surface area contributed by atoms with Gasteiger partial charge in [-0.2, -0.15) is 8.78 Å². The van der Waals surface area contributed by atoms with Crippen molar-refractivity contribution in [3.63, 3.8) is 0 Å². The number of aromatic amines is 1. The average molecular weight is 464 g/mol. The van der Waals surface area contributed by atoms with Gasteiger partial charge in [-0.05, 0) is 31.2 Å². The van der Waals surface area contributed by atoms with Gasteiger partial charge in [0.25, 0.3) is 11.3 Å². The lowest BCUT2D eigenvalue weighted by Gasteiger charge is -2.21. The number of aromatic nitrogens is 4. The molecule has 32 heavy (non-hydrogen) atoms. The number of hydrogen-bond acceptors (Lipinski definition) is 6. The van der Waals surface area contributed by atoms with Gasteiger partial charge in [-0.15, -0.1) is 0 Å². The fourth-order valence-electron chi connectivity index (χ4n) is 3.33. The molecule has 2 N–H and O–H groups in total. The van der Waals surface area contributed by atoms with Gasteiger partial charge in [0.15, 0.2) is 5.16 Å². The Bertz CT molecular complexity index is 1150. The molecule has 1 atom stereocenters. The van der Waals surface area contributed by atoms with Crippen molar-refractivity contribution in [2.24, 2.45) is 7.05 Å². The normalized spacial score (nSPS) is 12.1. The van der Waals surface area contributed by atoms with E-state index in [0.717, 1.165) is 5.56 Å². The largest absolute Gasteiger partial charge is 0.496 e. The van der Waals surface area contributed by atoms with Gasteiger partial charge in [0, 0.05) is 42.7 Å². The first-order chi connectivity index (χ1) is 15.3. The van der Waals surface area contributed by atoms with Gasteiger partial charge in [-0.1, -0.05) is 18.2 Å². The smallest absolute Gasteiger partial charge is 0.291 e. The molecule has 0 saturated carbocycles. The Morgan fingerprint density at radius 3 is 2.72 bits per heavy atom. The molecule has 2 aromatic heterocycles. The van der Waals surface area contributed by atoms with Crippen LogP contribution in [0.4, 0.5) is 8.78 Å². The number of thioether (sulfide) groups is 1. The highest BCUT2D eigenvalue weighted by Gasteiger charge is 2.24. The highest BCUT2D eigenvalue weighted by Crippen LogP contribution is 2.29. The molecule has 1 amide bonds. The second-order valence-electron chi connectivity index (χ2n) is 6.95. The Kier molecular flexibility index (Phi) is 7.62. The quantitative estimate of drug-likeness (QED) is 0.374. The van der Waals surface area contributed by atoms with Crippen LogP contribution in [0.5, 0.6) is 5.75 Å². The Morgan fingerprint density at radius 2 is 2.09 bits per heavy atom. The molecule has 0 radical (unpaired) electrons. The first-order valence-corrected chi connectivity index (χ1v) is 10.6. The van der Waals surface area contributed by atoms with E-state index in [0.29, 0.717) is 17.3 Å². The third-order valence-corrected chi connectivity index (χ3v) is 5.47. The Morgan fingerprint density at radius 1 is 1.34 bits per heavy atom. The zero-order valence-corrected chi connectivity index (χ0v) is 18.6. The molecular formula is C21H23F2N5O3S. The van der Waals surface area contributed by atoms with E-state index in [1.807, 2.05) is 25.2 Å². The van der Waals surface area contributed by atoms with E-state index >= 15 is 0 Å². The van der Waals surface area contributed by atoms with Gasteiger partial charge in [0.05, 0.1) is 7.11 Å². The number of hydrogen-bond donors (Lipinski definition) is 2. The Balaban J connectivity index is 1.78. The maximum absolute atomic E-state index is 12.8. The lowest BCUT2D eigenvalue weighted by molar-refractivity contribution is -0.121. The van der Waals surface area contributed by atoms with Gasteiger partial charge >= 0.3 is 0 Å². The topological polar surface area (TPSA) is 102 Å². The molecule has 0 aliphatic carbocycles. The number of ether oxygens (including phenoxy) is 1. The molecular weight excluding hydrogens is 440 g/mol. The number of carbonyl (C=O) groups is 1. The summed E-state index contributed by atoms with van der Waals surface area (Å²) in [4.78, 5) is 35.8. The summed E-state index contributed by atoms with van der Waals surface area (Å²) >= 11 is 0.169. The van der Waals surface area contributed by atoms with E-state index < -0.39 is 17.4 Å². The number of aryl methyl sites for hydroxylation is 2. The number of carbonyl (C=O) groups excluding carboxylic acids is 1. The number of benzene rings is 1. The predicted molar refractivity (Wildman–Crippen MR) is 116 cm³/mol. The highest BCUT2D eigenvalue weighted by molar-refractivity contribution is 7.99. The van der Waals surface area contributed by atoms with Crippen molar-refractivity contribution in [3.05, 3.63) is 69.7 Å². The van der Waals surface area contributed by atoms with Crippen molar-refractivity contribution in [1.82, 2.24) is 24.8 Å². The summed E-state index contributed by atoms with van der Waals surface area (Å²) in [6.45, 7) is 1.56. The average Bonchev–Trinajstić information content (AvgIpc) is 3.16. The van der Waals surface area contributed by atoms with Crippen LogP contribution in [0.15, 0.2) is 46.6 Å². The van der Waals surface area contributed by atoms with Crippen LogP contribution in [0, 0.1) is 6.92 Å². The molecule has 0 spiro atoms. The van der Waals surface area contributed by atoms with Gasteiger partial charge in [-0.25, -0.2) is 9.97 Å². The second-order valence-corrected chi connectivity index (χ2v) is 7.93. The van der Waals surface area contributed by atoms with E-state index in [2.05, 4.69) is 20.3 Å². The number of H-pyrrole nitrogens is 1. The number of nitrogens with one attached hydrogen (secondary N) is 2. The van der Waals surface area contributed by atoms with E-state index in [9.17, 15) is 18.4 Å². The van der Waals surface area contributed by atoms with E-state index in [1.54, 1.807) is 37.1 Å². The number of imidazole rings is 1. The van der Waals surface area contributed by atoms with E-state index in [1.165, 1.54) is 0 Å². The third-order valence-electron chi connectivity index (χ3n) is 4.88. The molecule has 0 aliphatic rings. The highest BCUT2D eigenvalue weighted by atomic mass is 32.2. The molecule has 3 aromatic rings. The number of methoxy groups -OCH3 is 1. The standard InChI is InChI=1S/C21H23F2N5O3S/c1-12-13(19(30)27-21(25-12)32-20(22)23)8-9-16(29)26-17(18-24-10-11-28(18)2)14-6-4-5-7-15(14)31-3/h4-7,10-11,17,20H,8-9H2,1-3H3,(H,26,29)(H,25,27,30). The minimum atomic E-state index is -2.69. The molecule has 2 heterocycles. The zero-order valence-electron chi connectivity index (χ0n) is 17.8. The van der Waals surface area contributed by atoms with Gasteiger partial charge < -0.3 is 19.6 Å². The molecule has 0 aliphatic heterocycles. The van der Waals surface area contributed by atoms with Crippen molar-refractivity contribution in [3.8, 4) is 5.75 Å². The first-order valence-electron chi connectivity index (χ1n) is 9.74. The van der Waals surface area contributed by atoms with Crippen molar-refractivity contribution >= 4 is 17.7 Å². The predicted octanol–water partition coefficient (Wildman–Crippen LogP) is 2.97. The monoisotopic (exact) mass is 463 g/mol. The minimum Gasteiger partial charge on any atom is -0.496 e. The minimum absolute atomic E-state index is 0.00298. The number of nitrogens with zero attached hydrogens (tertiary/aromatic N) is 3. The molecule has 0 bridgehead atoms. The fourth-order valence-corrected chi connectivity index (χ4v) is 3.84. The lowest BCUT2D eigenvalue weighted by atomic mass is 10.0. The maximum Gasteiger partial charge on any atom is 0.291 e. The molecule has 3 rings (SSSR count). The fraction of sp³-hybridized carbons (Fsp3) is 0.333. The summed E-state index contributed by atoms with van der Waals surface area (Å²) in [5.74, 6) is -1.78. The number of rotatable bonds is 9. The zero-order chi connectivity index (χ0) is 23.3. The van der Waals surface area contributed by atoms with Crippen molar-refractivity contribution in [1.29, 1.82) is 0 Å². The van der Waals surface area contributed by atoms with Gasteiger partial charge in [0.2, 0.25) is 5.91 Å². The second kappa shape index (κ2) is 10.4. The summed E-state index contributed by atoms with van der Waals surface area (Å²) < 4.78 is 32.3. The molecule has 11 heteroatoms. The number of halogens is 2. The van der Waals surface area contributed by atoms with Crippen LogP contribution in [0.25, 0.3) is 0 Å². The van der Waals surface area contributed by atoms with Crippen LogP contribution in [-0.2, 0) is 18.3 Å². The summed E-state index contributed by atoms with van der Waals surface area (Å²) in [5, 5.41) is 2.81. The van der Waals surface area contributed by atoms with Gasteiger partial charge in [0.1, 0.15) is 17.6 Å². The number of amides is 1. The Labute approximate surface area is 187 Å². The number of para-hydroxylation sites is 1.